The minimum Gasteiger partial charge on any atom is -0.495 e. The number of aromatic nitrogens is 1. The topological polar surface area (TPSA) is 48.1 Å². The Morgan fingerprint density at radius 2 is 1.95 bits per heavy atom. The van der Waals surface area contributed by atoms with Crippen LogP contribution in [0.15, 0.2) is 18.3 Å². The van der Waals surface area contributed by atoms with Crippen molar-refractivity contribution in [2.24, 2.45) is 11.8 Å². The fourth-order valence-corrected chi connectivity index (χ4v) is 2.65. The SMILES string of the molecule is COc1cnc(N)cc1/C=C/C1CCC(C(F)(F)F)CC1. The number of nitrogen functional groups attached to an aromatic ring is 1. The number of hydrogen-bond acceptors (Lipinski definition) is 3. The Labute approximate surface area is 122 Å². The highest BCUT2D eigenvalue weighted by Gasteiger charge is 2.40. The van der Waals surface area contributed by atoms with Gasteiger partial charge in [-0.25, -0.2) is 4.98 Å². The Morgan fingerprint density at radius 1 is 1.29 bits per heavy atom. The summed E-state index contributed by atoms with van der Waals surface area (Å²) in [5.74, 6) is 0.0107. The van der Waals surface area contributed by atoms with Crippen molar-refractivity contribution >= 4 is 11.9 Å². The third kappa shape index (κ3) is 4.12. The Hall–Kier alpha value is -1.72. The molecule has 1 aliphatic carbocycles. The van der Waals surface area contributed by atoms with Crippen LogP contribution in [0.1, 0.15) is 31.2 Å². The quantitative estimate of drug-likeness (QED) is 0.916. The van der Waals surface area contributed by atoms with Gasteiger partial charge in [-0.3, -0.25) is 0 Å². The number of nitrogens with zero attached hydrogens (tertiary/aromatic N) is 1. The summed E-state index contributed by atoms with van der Waals surface area (Å²) >= 11 is 0. The van der Waals surface area contributed by atoms with Gasteiger partial charge in [0.25, 0.3) is 0 Å². The standard InChI is InChI=1S/C15H19F3N2O/c1-21-13-9-20-14(19)8-11(13)5-2-10-3-6-12(7-4-10)15(16,17)18/h2,5,8-10,12H,3-4,6-7H2,1H3,(H2,19,20)/b5-2+. The summed E-state index contributed by atoms with van der Waals surface area (Å²) in [5.41, 5.74) is 6.43. The number of halogens is 3. The predicted molar refractivity (Wildman–Crippen MR) is 75.7 cm³/mol. The summed E-state index contributed by atoms with van der Waals surface area (Å²) in [6, 6.07) is 1.69. The normalized spacial score (nSPS) is 23.4. The van der Waals surface area contributed by atoms with E-state index in [4.69, 9.17) is 10.5 Å². The van der Waals surface area contributed by atoms with E-state index < -0.39 is 12.1 Å². The zero-order valence-electron chi connectivity index (χ0n) is 11.9. The molecule has 1 heterocycles. The summed E-state index contributed by atoms with van der Waals surface area (Å²) in [6.07, 6.45) is 2.81. The van der Waals surface area contributed by atoms with Crippen molar-refractivity contribution in [1.82, 2.24) is 4.98 Å². The lowest BCUT2D eigenvalue weighted by Crippen LogP contribution is -2.27. The second kappa shape index (κ2) is 6.37. The number of alkyl halides is 3. The Kier molecular flexibility index (Phi) is 4.75. The van der Waals surface area contributed by atoms with Gasteiger partial charge in [-0.1, -0.05) is 12.2 Å². The highest BCUT2D eigenvalue weighted by atomic mass is 19.4. The van der Waals surface area contributed by atoms with Crippen LogP contribution in [0, 0.1) is 11.8 Å². The lowest BCUT2D eigenvalue weighted by atomic mass is 9.81. The van der Waals surface area contributed by atoms with Gasteiger partial charge in [0, 0.05) is 5.56 Å². The molecule has 116 valence electrons. The Bertz CT molecular complexity index is 506. The first-order valence-corrected chi connectivity index (χ1v) is 6.94. The molecule has 3 nitrogen and oxygen atoms in total. The third-order valence-corrected chi connectivity index (χ3v) is 3.92. The van der Waals surface area contributed by atoms with Crippen LogP contribution in [0.25, 0.3) is 6.08 Å². The van der Waals surface area contributed by atoms with Crippen LogP contribution in [0.3, 0.4) is 0 Å². The number of hydrogen-bond donors (Lipinski definition) is 1. The number of pyridine rings is 1. The number of anilines is 1. The largest absolute Gasteiger partial charge is 0.495 e. The molecule has 1 saturated carbocycles. The van der Waals surface area contributed by atoms with Gasteiger partial charge in [0.2, 0.25) is 0 Å². The maximum absolute atomic E-state index is 12.6. The molecule has 2 rings (SSSR count). The first-order valence-electron chi connectivity index (χ1n) is 6.94. The summed E-state index contributed by atoms with van der Waals surface area (Å²) in [7, 11) is 1.54. The average Bonchev–Trinajstić information content (AvgIpc) is 2.45. The predicted octanol–water partition coefficient (Wildman–Crippen LogP) is 4.05. The first-order chi connectivity index (χ1) is 9.90. The van der Waals surface area contributed by atoms with E-state index in [1.807, 2.05) is 12.2 Å². The fourth-order valence-electron chi connectivity index (χ4n) is 2.65. The lowest BCUT2D eigenvalue weighted by Gasteiger charge is -2.28. The summed E-state index contributed by atoms with van der Waals surface area (Å²) < 4.78 is 43.0. The molecule has 2 N–H and O–H groups in total. The van der Waals surface area contributed by atoms with E-state index in [1.54, 1.807) is 13.2 Å². The number of allylic oxidation sites excluding steroid dienone is 1. The second-order valence-electron chi connectivity index (χ2n) is 5.36. The van der Waals surface area contributed by atoms with E-state index >= 15 is 0 Å². The van der Waals surface area contributed by atoms with Gasteiger partial charge in [-0.2, -0.15) is 13.2 Å². The van der Waals surface area contributed by atoms with Crippen molar-refractivity contribution in [3.8, 4) is 5.75 Å². The molecule has 1 aromatic heterocycles. The monoisotopic (exact) mass is 300 g/mol. The van der Waals surface area contributed by atoms with Gasteiger partial charge in [-0.05, 0) is 37.7 Å². The van der Waals surface area contributed by atoms with Gasteiger partial charge < -0.3 is 10.5 Å². The molecule has 21 heavy (non-hydrogen) atoms. The molecule has 0 spiro atoms. The highest BCUT2D eigenvalue weighted by Crippen LogP contribution is 2.40. The molecular formula is C15H19F3N2O. The number of rotatable bonds is 3. The summed E-state index contributed by atoms with van der Waals surface area (Å²) in [5, 5.41) is 0. The van der Waals surface area contributed by atoms with Crippen LogP contribution in [-0.2, 0) is 0 Å². The van der Waals surface area contributed by atoms with Crippen molar-refractivity contribution in [1.29, 1.82) is 0 Å². The minimum atomic E-state index is -4.06. The van der Waals surface area contributed by atoms with Crippen LogP contribution >= 0.6 is 0 Å². The van der Waals surface area contributed by atoms with E-state index in [0.717, 1.165) is 5.56 Å². The molecule has 1 aromatic rings. The van der Waals surface area contributed by atoms with Crippen LogP contribution in [0.5, 0.6) is 5.75 Å². The van der Waals surface area contributed by atoms with E-state index in [0.29, 0.717) is 24.4 Å². The van der Waals surface area contributed by atoms with Crippen LogP contribution in [0.2, 0.25) is 0 Å². The van der Waals surface area contributed by atoms with Crippen molar-refractivity contribution < 1.29 is 17.9 Å². The maximum atomic E-state index is 12.6. The second-order valence-corrected chi connectivity index (χ2v) is 5.36. The average molecular weight is 300 g/mol. The third-order valence-electron chi connectivity index (χ3n) is 3.92. The maximum Gasteiger partial charge on any atom is 0.391 e. The number of ether oxygens (including phenoxy) is 1. The molecule has 0 aromatic carbocycles. The van der Waals surface area contributed by atoms with E-state index in [2.05, 4.69) is 4.98 Å². The van der Waals surface area contributed by atoms with Gasteiger partial charge in [0.1, 0.15) is 11.6 Å². The highest BCUT2D eigenvalue weighted by molar-refractivity contribution is 5.60. The molecule has 0 bridgehead atoms. The van der Waals surface area contributed by atoms with Crippen molar-refractivity contribution in [3.63, 3.8) is 0 Å². The van der Waals surface area contributed by atoms with Crippen molar-refractivity contribution in [2.45, 2.75) is 31.9 Å². The van der Waals surface area contributed by atoms with Gasteiger partial charge in [0.05, 0.1) is 19.2 Å². The van der Waals surface area contributed by atoms with E-state index in [-0.39, 0.29) is 18.8 Å². The molecule has 0 atom stereocenters. The van der Waals surface area contributed by atoms with Crippen LogP contribution < -0.4 is 10.5 Å². The van der Waals surface area contributed by atoms with Crippen LogP contribution in [-0.4, -0.2) is 18.3 Å². The van der Waals surface area contributed by atoms with Gasteiger partial charge in [0.15, 0.2) is 0 Å². The Balaban J connectivity index is 1.99. The molecule has 1 aliphatic rings. The molecule has 6 heteroatoms. The van der Waals surface area contributed by atoms with Crippen molar-refractivity contribution in [2.75, 3.05) is 12.8 Å². The molecule has 0 aliphatic heterocycles. The van der Waals surface area contributed by atoms with E-state index in [1.165, 1.54) is 6.20 Å². The number of nitrogens with two attached hydrogens (primary N) is 1. The van der Waals surface area contributed by atoms with E-state index in [9.17, 15) is 13.2 Å². The first kappa shape index (κ1) is 15.7. The van der Waals surface area contributed by atoms with Gasteiger partial charge in [-0.15, -0.1) is 0 Å². The van der Waals surface area contributed by atoms with Gasteiger partial charge >= 0.3 is 6.18 Å². The zero-order valence-corrected chi connectivity index (χ0v) is 11.9. The summed E-state index contributed by atoms with van der Waals surface area (Å²) in [6.45, 7) is 0. The molecule has 1 fully saturated rings. The molecule has 0 radical (unpaired) electrons. The minimum absolute atomic E-state index is 0.169. The lowest BCUT2D eigenvalue weighted by molar-refractivity contribution is -0.183. The van der Waals surface area contributed by atoms with Crippen molar-refractivity contribution in [3.05, 3.63) is 23.9 Å². The molecule has 0 unspecified atom stereocenters. The fraction of sp³-hybridized carbons (Fsp3) is 0.533. The zero-order chi connectivity index (χ0) is 15.5. The molecule has 0 saturated heterocycles. The molecular weight excluding hydrogens is 281 g/mol. The summed E-state index contributed by atoms with van der Waals surface area (Å²) in [4.78, 5) is 3.94. The smallest absolute Gasteiger partial charge is 0.391 e. The Morgan fingerprint density at radius 3 is 2.52 bits per heavy atom. The number of methoxy groups -OCH3 is 1. The molecule has 0 amide bonds. The van der Waals surface area contributed by atoms with Crippen LogP contribution in [0.4, 0.5) is 19.0 Å².